The molecule has 0 aliphatic rings. The Labute approximate surface area is 588 Å². The molecule has 0 unspecified atom stereocenters. The van der Waals surface area contributed by atoms with E-state index in [9.17, 15) is 47.9 Å². The Bertz CT molecular complexity index is 2840. The maximum atomic E-state index is 15.0. The van der Waals surface area contributed by atoms with Gasteiger partial charge in [0.25, 0.3) is 0 Å². The first kappa shape index (κ1) is 90.2. The predicted octanol–water partition coefficient (Wildman–Crippen LogP) is -7.71. The molecule has 0 bridgehead atoms. The minimum Gasteiger partial charge on any atom is -0.377 e. The number of methoxy groups -OCH3 is 1. The fraction of sp³-hybridized carbons (Fsp3) is 0.695. The normalized spacial score (nSPS) is 13.5. The van der Waals surface area contributed by atoms with Crippen molar-refractivity contribution in [3.05, 3.63) is 0 Å². The predicted molar refractivity (Wildman–Crippen MR) is 388 cm³/mol. The van der Waals surface area contributed by atoms with E-state index in [1.165, 1.54) is 7.11 Å². The first-order valence-electron chi connectivity index (χ1n) is 32.9. The average molecular weight is 1440 g/mol. The Morgan fingerprint density at radius 3 is 0.670 bits per heavy atom. The molecule has 38 N–H and O–H groups in total. The summed E-state index contributed by atoms with van der Waals surface area (Å²) < 4.78 is 5.00. The molecule has 0 saturated carbocycles. The lowest BCUT2D eigenvalue weighted by Gasteiger charge is -2.27. The first-order chi connectivity index (χ1) is 47.2. The Hall–Kier alpha value is -9.83. The number of carbonyl (C=O) groups excluding carboxylic acids is 10. The van der Waals surface area contributed by atoms with Gasteiger partial charge < -0.3 is 123 Å². The zero-order valence-electron chi connectivity index (χ0n) is 57.4. The molecule has 0 rings (SSSR count). The van der Waals surface area contributed by atoms with Crippen LogP contribution in [0.2, 0.25) is 0 Å². The van der Waals surface area contributed by atoms with Gasteiger partial charge in [-0.25, -0.2) is 0 Å². The van der Waals surface area contributed by atoms with Crippen molar-refractivity contribution in [1.82, 2.24) is 21.3 Å². The van der Waals surface area contributed by atoms with E-state index in [2.05, 4.69) is 73.8 Å². The summed E-state index contributed by atoms with van der Waals surface area (Å²) in [5, 5.41) is 11.1. The molecule has 0 saturated heterocycles. The molecule has 5 amide bonds. The molecule has 0 heterocycles. The van der Waals surface area contributed by atoms with Crippen LogP contribution < -0.4 is 119 Å². The first-order valence-corrected chi connectivity index (χ1v) is 33.5. The molecule has 0 aromatic rings. The lowest BCUT2D eigenvalue weighted by Crippen LogP contribution is -2.49. The minimum absolute atomic E-state index is 0.00170. The molecule has 0 aliphatic heterocycles. The van der Waals surface area contributed by atoms with E-state index in [1.807, 2.05) is 0 Å². The van der Waals surface area contributed by atoms with Crippen molar-refractivity contribution < 1.29 is 52.7 Å². The Morgan fingerprint density at radius 1 is 0.300 bits per heavy atom. The van der Waals surface area contributed by atoms with Gasteiger partial charge in [0.2, 0.25) is 29.5 Å². The number of Topliss-reactive ketones (excluding diaryl/α,β-unsaturated/α-hetero) is 5. The highest BCUT2D eigenvalue weighted by molar-refractivity contribution is 7.80. The van der Waals surface area contributed by atoms with Crippen molar-refractivity contribution in [2.75, 3.05) is 71.8 Å². The third kappa shape index (κ3) is 44.2. The van der Waals surface area contributed by atoms with Crippen molar-refractivity contribution in [3.63, 3.8) is 0 Å². The molecule has 0 spiro atoms. The van der Waals surface area contributed by atoms with Gasteiger partial charge in [-0.05, 0) is 103 Å². The minimum atomic E-state index is -1.39. The number of ether oxygens (including phenoxy) is 1. The quantitative estimate of drug-likeness (QED) is 0.0116. The monoisotopic (exact) mass is 1440 g/mol. The van der Waals surface area contributed by atoms with Crippen molar-refractivity contribution in [2.45, 2.75) is 159 Å². The number of ketones is 5. The van der Waals surface area contributed by atoms with Crippen LogP contribution >= 0.6 is 12.6 Å². The summed E-state index contributed by atoms with van der Waals surface area (Å²) in [5.41, 5.74) is 94.9. The third-order valence-electron chi connectivity index (χ3n) is 15.3. The van der Waals surface area contributed by atoms with Gasteiger partial charge in [0.1, 0.15) is 6.61 Å². The van der Waals surface area contributed by atoms with E-state index >= 15 is 0 Å². The van der Waals surface area contributed by atoms with E-state index in [-0.39, 0.29) is 228 Å². The average Bonchev–Trinajstić information content (AvgIpc) is 0.867. The fourth-order valence-electron chi connectivity index (χ4n) is 10.2. The second-order valence-electron chi connectivity index (χ2n) is 23.8. The topological polar surface area (TPSA) is 769 Å². The number of amides is 5. The second-order valence-corrected chi connectivity index (χ2v) is 24.1. The molecule has 0 aromatic carbocycles. The highest BCUT2D eigenvalue weighted by atomic mass is 32.1. The standard InChI is InChI=1S/C59H113N29O11S/c1-99-31-38(89)26-33(10-2-18-77-52(61)62)48(95)85-39(14-6-22-81-56(69)70)43(90)27-34(11-3-19-78-53(63)64)49(96)86-40(15-7-23-82-57(71)72)44(91)28-35(12-4-20-79-54(65)66)50(97)87-41(16-8-24-83-58(73)74)45(92)29-36(13-5-21-80-55(67)68)51(98)88-42(17-9-25-84-59(75)76)46(93)30-37(32-100)47(60)94/h33-37,39-42,100H,2-32H2,1H3,(H2,60,94)(H,85,95)(H,86,96)(H,87,97)(H,88,98)(H4,61,62,77)(H4,63,64,78)(H4,65,66,79)(H4,67,68,80)(H4,69,70,81)(H4,71,72,82)(H4,73,74,83)(H4,75,76,84)/t33-,34-,35-,36-,37+,39+,40+,41+,42+/m0/s1. The van der Waals surface area contributed by atoms with Crippen LogP contribution in [-0.4, -0.2) is 202 Å². The number of hydrogen-bond acceptors (Lipinski definition) is 20. The summed E-state index contributed by atoms with van der Waals surface area (Å²) in [7, 11) is 1.32. The van der Waals surface area contributed by atoms with Gasteiger partial charge in [-0.15, -0.1) is 0 Å². The summed E-state index contributed by atoms with van der Waals surface area (Å²) in [5.74, 6) is -14.3. The van der Waals surface area contributed by atoms with E-state index in [0.29, 0.717) is 0 Å². The summed E-state index contributed by atoms with van der Waals surface area (Å²) >= 11 is 4.17. The van der Waals surface area contributed by atoms with Crippen molar-refractivity contribution in [3.8, 4) is 0 Å². The van der Waals surface area contributed by atoms with Gasteiger partial charge in [-0.2, -0.15) is 12.6 Å². The smallest absolute Gasteiger partial charge is 0.224 e. The molecular formula is C59H113N29O11S. The maximum absolute atomic E-state index is 15.0. The van der Waals surface area contributed by atoms with E-state index in [4.69, 9.17) is 102 Å². The summed E-state index contributed by atoms with van der Waals surface area (Å²) in [6.07, 6.45) is -1.30. The molecule has 100 heavy (non-hydrogen) atoms. The van der Waals surface area contributed by atoms with Crippen LogP contribution in [0.3, 0.4) is 0 Å². The van der Waals surface area contributed by atoms with Gasteiger partial charge in [0, 0.05) is 121 Å². The van der Waals surface area contributed by atoms with Crippen LogP contribution in [0, 0.1) is 29.6 Å². The van der Waals surface area contributed by atoms with Gasteiger partial charge in [0.15, 0.2) is 76.6 Å². The number of rotatable bonds is 58. The lowest BCUT2D eigenvalue weighted by molar-refractivity contribution is -0.136. The van der Waals surface area contributed by atoms with Gasteiger partial charge in [-0.3, -0.25) is 87.9 Å². The van der Waals surface area contributed by atoms with Crippen molar-refractivity contribution in [2.24, 2.45) is 167 Å². The van der Waals surface area contributed by atoms with Crippen LogP contribution in [-0.2, 0) is 52.7 Å². The third-order valence-corrected chi connectivity index (χ3v) is 15.7. The second kappa shape index (κ2) is 52.3. The summed E-state index contributed by atoms with van der Waals surface area (Å²) in [4.78, 5) is 174. The number of nitrogens with two attached hydrogens (primary N) is 17. The number of aliphatic imine (C=N–C) groups is 8. The molecule has 0 aliphatic carbocycles. The largest absolute Gasteiger partial charge is 0.377 e. The molecule has 0 aromatic heterocycles. The SMILES string of the molecule is COCC(=O)C[C@H](CCCN=C(N)N)C(=O)N[C@H](CCCN=C(N)N)C(=O)C[C@H](CCCN=C(N)N)C(=O)N[C@H](CCCN=C(N)N)C(=O)C[C@H](CCCN=C(N)N)C(=O)N[C@H](CCCN=C(N)N)C(=O)C[C@H](CCCN=C(N)N)C(=O)N[C@H](CCCN=C(N)N)C(=O)C[C@H](CS)C(N)=O. The number of nitrogens with one attached hydrogen (secondary N) is 4. The van der Waals surface area contributed by atoms with Gasteiger partial charge in [0.05, 0.1) is 30.1 Å². The van der Waals surface area contributed by atoms with E-state index in [0.717, 1.165) is 0 Å². The molecule has 40 nitrogen and oxygen atoms in total. The zero-order chi connectivity index (χ0) is 75.7. The zero-order valence-corrected chi connectivity index (χ0v) is 58.3. The molecule has 41 heteroatoms. The van der Waals surface area contributed by atoms with Crippen molar-refractivity contribution >= 4 is 119 Å². The number of primary amides is 1. The maximum Gasteiger partial charge on any atom is 0.224 e. The van der Waals surface area contributed by atoms with E-state index < -0.39 is 131 Å². The molecular weight excluding hydrogens is 1320 g/mol. The molecule has 0 radical (unpaired) electrons. The van der Waals surface area contributed by atoms with Crippen LogP contribution in [0.5, 0.6) is 0 Å². The van der Waals surface area contributed by atoms with Gasteiger partial charge >= 0.3 is 0 Å². The van der Waals surface area contributed by atoms with Gasteiger partial charge in [-0.1, -0.05) is 0 Å². The summed E-state index contributed by atoms with van der Waals surface area (Å²) in [6, 6.07) is -5.24. The summed E-state index contributed by atoms with van der Waals surface area (Å²) in [6.45, 7) is -0.0353. The van der Waals surface area contributed by atoms with Crippen LogP contribution in [0.15, 0.2) is 39.9 Å². The highest BCUT2D eigenvalue weighted by Gasteiger charge is 2.36. The number of hydrogen-bond donors (Lipinski definition) is 22. The Kier molecular flexibility index (Phi) is 47.1. The van der Waals surface area contributed by atoms with Crippen LogP contribution in [0.25, 0.3) is 0 Å². The molecule has 566 valence electrons. The van der Waals surface area contributed by atoms with Crippen molar-refractivity contribution in [1.29, 1.82) is 0 Å². The number of carbonyl (C=O) groups is 10. The molecule has 0 fully saturated rings. The van der Waals surface area contributed by atoms with Crippen LogP contribution in [0.1, 0.15) is 135 Å². The Balaban J connectivity index is 7.85. The lowest BCUT2D eigenvalue weighted by atomic mass is 9.88. The highest BCUT2D eigenvalue weighted by Crippen LogP contribution is 2.23. The fourth-order valence-corrected chi connectivity index (χ4v) is 10.5. The number of thiol groups is 1. The number of guanidine groups is 8. The van der Waals surface area contributed by atoms with E-state index in [1.54, 1.807) is 0 Å². The van der Waals surface area contributed by atoms with Crippen LogP contribution in [0.4, 0.5) is 0 Å². The number of nitrogens with zero attached hydrogens (tertiary/aromatic N) is 8. The Morgan fingerprint density at radius 2 is 0.490 bits per heavy atom. The molecule has 9 atom stereocenters.